The minimum Gasteiger partial charge on any atom is -0.469 e. The zero-order valence-electron chi connectivity index (χ0n) is 21.9. The molecule has 38 heavy (non-hydrogen) atoms. The van der Waals surface area contributed by atoms with Gasteiger partial charge < -0.3 is 14.2 Å². The lowest BCUT2D eigenvalue weighted by Crippen LogP contribution is -2.55. The number of hydrogen-bond acceptors (Lipinski definition) is 4. The summed E-state index contributed by atoms with van der Waals surface area (Å²) in [5, 5.41) is 0. The van der Waals surface area contributed by atoms with Crippen molar-refractivity contribution in [2.45, 2.75) is 25.9 Å². The highest BCUT2D eigenvalue weighted by atomic mass is 16.5. The Balaban J connectivity index is 1.50. The average Bonchev–Trinajstić information content (AvgIpc) is 3.31. The predicted molar refractivity (Wildman–Crippen MR) is 149 cm³/mol. The van der Waals surface area contributed by atoms with Crippen molar-refractivity contribution in [3.05, 3.63) is 114 Å². The molecule has 6 heteroatoms. The number of carbonyl (C=O) groups is 2. The van der Waals surface area contributed by atoms with Gasteiger partial charge in [0.25, 0.3) is 5.91 Å². The molecule has 0 N–H and O–H groups in total. The number of aryl methyl sites for hydroxylation is 1. The molecule has 1 fully saturated rings. The molecule has 1 atom stereocenters. The molecule has 0 spiro atoms. The van der Waals surface area contributed by atoms with Gasteiger partial charge in [-0.1, -0.05) is 78.9 Å². The fourth-order valence-corrected chi connectivity index (χ4v) is 5.37. The number of hydrogen-bond donors (Lipinski definition) is 0. The van der Waals surface area contributed by atoms with Gasteiger partial charge >= 0.3 is 5.97 Å². The molecule has 2 heterocycles. The van der Waals surface area contributed by atoms with Crippen molar-refractivity contribution < 1.29 is 14.3 Å². The quantitative estimate of drug-likeness (QED) is 0.317. The number of ether oxygens (including phenoxy) is 1. The lowest BCUT2D eigenvalue weighted by Gasteiger charge is -2.41. The third-order valence-corrected chi connectivity index (χ3v) is 7.18. The molecule has 0 bridgehead atoms. The largest absolute Gasteiger partial charge is 0.469 e. The second-order valence-corrected chi connectivity index (χ2v) is 9.74. The molecule has 194 valence electrons. The van der Waals surface area contributed by atoms with Crippen LogP contribution in [0.2, 0.25) is 0 Å². The third-order valence-electron chi connectivity index (χ3n) is 7.18. The standard InChI is InChI=1S/C32H33N3O3/c1-24-20-29(31(26-14-8-4-9-15-26)35(24)27-16-10-5-11-17-27)32(37)34-19-18-33(22-25-12-6-3-7-13-25)23-28(34)21-30(36)38-2/h3-17,20,28H,18-19,21-23H2,1-2H3. The van der Waals surface area contributed by atoms with Crippen molar-refractivity contribution in [1.82, 2.24) is 14.4 Å². The summed E-state index contributed by atoms with van der Waals surface area (Å²) in [6, 6.07) is 32.1. The van der Waals surface area contributed by atoms with Crippen molar-refractivity contribution in [2.75, 3.05) is 26.7 Å². The normalized spacial score (nSPS) is 15.8. The van der Waals surface area contributed by atoms with E-state index in [0.717, 1.165) is 35.7 Å². The summed E-state index contributed by atoms with van der Waals surface area (Å²) in [5.74, 6) is -0.370. The fraction of sp³-hybridized carbons (Fsp3) is 0.250. The van der Waals surface area contributed by atoms with E-state index in [9.17, 15) is 9.59 Å². The molecule has 6 nitrogen and oxygen atoms in total. The number of piperazine rings is 1. The number of aromatic nitrogens is 1. The van der Waals surface area contributed by atoms with Crippen LogP contribution in [0.5, 0.6) is 0 Å². The van der Waals surface area contributed by atoms with Gasteiger partial charge in [0, 0.05) is 37.6 Å². The van der Waals surface area contributed by atoms with Crippen LogP contribution < -0.4 is 0 Å². The average molecular weight is 508 g/mol. The molecule has 0 radical (unpaired) electrons. The Bertz CT molecular complexity index is 1380. The zero-order valence-corrected chi connectivity index (χ0v) is 21.9. The van der Waals surface area contributed by atoms with E-state index in [1.54, 1.807) is 0 Å². The Kier molecular flexibility index (Phi) is 7.70. The summed E-state index contributed by atoms with van der Waals surface area (Å²) >= 11 is 0. The van der Waals surface area contributed by atoms with Gasteiger partial charge in [-0.05, 0) is 36.2 Å². The second-order valence-electron chi connectivity index (χ2n) is 9.74. The van der Waals surface area contributed by atoms with E-state index in [1.165, 1.54) is 12.7 Å². The van der Waals surface area contributed by atoms with Gasteiger partial charge in [-0.3, -0.25) is 14.5 Å². The summed E-state index contributed by atoms with van der Waals surface area (Å²) in [5.41, 5.74) is 5.67. The number of carbonyl (C=O) groups excluding carboxylic acids is 2. The molecule has 0 aliphatic carbocycles. The van der Waals surface area contributed by atoms with Crippen molar-refractivity contribution in [1.29, 1.82) is 0 Å². The van der Waals surface area contributed by atoms with E-state index in [4.69, 9.17) is 4.74 Å². The van der Waals surface area contributed by atoms with Crippen LogP contribution in [0.15, 0.2) is 97.1 Å². The Morgan fingerprint density at radius 2 is 1.50 bits per heavy atom. The summed E-state index contributed by atoms with van der Waals surface area (Å²) in [6.45, 7) is 4.68. The first-order valence-electron chi connectivity index (χ1n) is 13.0. The van der Waals surface area contributed by atoms with E-state index in [-0.39, 0.29) is 24.3 Å². The van der Waals surface area contributed by atoms with E-state index in [0.29, 0.717) is 18.7 Å². The number of para-hydroxylation sites is 1. The maximum atomic E-state index is 14.3. The van der Waals surface area contributed by atoms with E-state index in [1.807, 2.05) is 84.6 Å². The Labute approximate surface area is 224 Å². The highest BCUT2D eigenvalue weighted by Crippen LogP contribution is 2.33. The first kappa shape index (κ1) is 25.5. The molecule has 1 aliphatic rings. The Morgan fingerprint density at radius 1 is 0.868 bits per heavy atom. The van der Waals surface area contributed by atoms with Crippen LogP contribution in [0.25, 0.3) is 16.9 Å². The highest BCUT2D eigenvalue weighted by molar-refractivity contribution is 6.01. The second kappa shape index (κ2) is 11.5. The molecular weight excluding hydrogens is 474 g/mol. The number of nitrogens with zero attached hydrogens (tertiary/aromatic N) is 3. The van der Waals surface area contributed by atoms with Gasteiger partial charge in [0.15, 0.2) is 0 Å². The first-order chi connectivity index (χ1) is 18.5. The highest BCUT2D eigenvalue weighted by Gasteiger charge is 2.35. The number of methoxy groups -OCH3 is 1. The lowest BCUT2D eigenvalue weighted by atomic mass is 10.0. The van der Waals surface area contributed by atoms with Crippen molar-refractivity contribution in [2.24, 2.45) is 0 Å². The van der Waals surface area contributed by atoms with Crippen LogP contribution in [0.4, 0.5) is 0 Å². The monoisotopic (exact) mass is 507 g/mol. The van der Waals surface area contributed by atoms with Crippen LogP contribution in [0, 0.1) is 6.92 Å². The number of benzene rings is 3. The van der Waals surface area contributed by atoms with Gasteiger partial charge in [-0.25, -0.2) is 0 Å². The molecule has 1 unspecified atom stereocenters. The maximum Gasteiger partial charge on any atom is 0.307 e. The maximum absolute atomic E-state index is 14.3. The van der Waals surface area contributed by atoms with E-state index >= 15 is 0 Å². The Hall–Kier alpha value is -4.16. The Morgan fingerprint density at radius 3 is 2.16 bits per heavy atom. The SMILES string of the molecule is COC(=O)CC1CN(Cc2ccccc2)CCN1C(=O)c1cc(C)n(-c2ccccc2)c1-c1ccccc1. The summed E-state index contributed by atoms with van der Waals surface area (Å²) < 4.78 is 7.16. The van der Waals surface area contributed by atoms with Crippen LogP contribution >= 0.6 is 0 Å². The van der Waals surface area contributed by atoms with E-state index in [2.05, 4.69) is 33.7 Å². The predicted octanol–water partition coefficient (Wildman–Crippen LogP) is 5.34. The molecule has 4 aromatic rings. The number of amides is 1. The van der Waals surface area contributed by atoms with Gasteiger partial charge in [0.2, 0.25) is 0 Å². The molecule has 5 rings (SSSR count). The molecule has 1 aliphatic heterocycles. The van der Waals surface area contributed by atoms with Crippen LogP contribution in [-0.4, -0.2) is 59.0 Å². The molecule has 1 amide bonds. The van der Waals surface area contributed by atoms with Crippen molar-refractivity contribution in [3.63, 3.8) is 0 Å². The zero-order chi connectivity index (χ0) is 26.5. The fourth-order valence-electron chi connectivity index (χ4n) is 5.37. The van der Waals surface area contributed by atoms with Gasteiger partial charge in [0.05, 0.1) is 30.8 Å². The molecule has 1 aromatic heterocycles. The third kappa shape index (κ3) is 5.41. The van der Waals surface area contributed by atoms with E-state index < -0.39 is 0 Å². The van der Waals surface area contributed by atoms with Gasteiger partial charge in [-0.2, -0.15) is 0 Å². The first-order valence-corrected chi connectivity index (χ1v) is 13.0. The topological polar surface area (TPSA) is 54.8 Å². The summed E-state index contributed by atoms with van der Waals surface area (Å²) in [6.07, 6.45) is 0.159. The van der Waals surface area contributed by atoms with Crippen molar-refractivity contribution >= 4 is 11.9 Å². The molecular formula is C32H33N3O3. The minimum atomic E-state index is -0.310. The van der Waals surface area contributed by atoms with Crippen LogP contribution in [-0.2, 0) is 16.1 Å². The summed E-state index contributed by atoms with van der Waals surface area (Å²) in [7, 11) is 1.40. The molecule has 0 saturated carbocycles. The smallest absolute Gasteiger partial charge is 0.307 e. The number of rotatable bonds is 7. The van der Waals surface area contributed by atoms with Crippen LogP contribution in [0.1, 0.15) is 28.0 Å². The molecule has 3 aromatic carbocycles. The van der Waals surface area contributed by atoms with Gasteiger partial charge in [-0.15, -0.1) is 0 Å². The number of esters is 1. The van der Waals surface area contributed by atoms with Gasteiger partial charge in [0.1, 0.15) is 0 Å². The minimum absolute atomic E-state index is 0.0603. The molecule has 1 saturated heterocycles. The lowest BCUT2D eigenvalue weighted by molar-refractivity contribution is -0.142. The summed E-state index contributed by atoms with van der Waals surface area (Å²) in [4.78, 5) is 30.9. The van der Waals surface area contributed by atoms with Crippen LogP contribution in [0.3, 0.4) is 0 Å². The van der Waals surface area contributed by atoms with Crippen molar-refractivity contribution in [3.8, 4) is 16.9 Å².